The standard InChI is InChI=1S/C12H26ClNO/c1-4-12(5-2,10-13)11-14-8-7-9-15-6-3/h14H,4-11H2,1-3H3. The zero-order chi connectivity index (χ0) is 11.6. The Hall–Kier alpha value is 0.210. The zero-order valence-electron chi connectivity index (χ0n) is 10.4. The molecule has 0 aromatic heterocycles. The van der Waals surface area contributed by atoms with E-state index in [0.717, 1.165) is 51.4 Å². The fourth-order valence-corrected chi connectivity index (χ4v) is 2.01. The minimum Gasteiger partial charge on any atom is -0.382 e. The number of nitrogens with one attached hydrogen (secondary N) is 1. The van der Waals surface area contributed by atoms with Crippen molar-refractivity contribution in [1.29, 1.82) is 0 Å². The van der Waals surface area contributed by atoms with E-state index in [1.165, 1.54) is 0 Å². The molecule has 0 heterocycles. The van der Waals surface area contributed by atoms with Gasteiger partial charge < -0.3 is 10.1 Å². The van der Waals surface area contributed by atoms with Crippen molar-refractivity contribution >= 4 is 11.6 Å². The third-order valence-corrected chi connectivity index (χ3v) is 3.70. The summed E-state index contributed by atoms with van der Waals surface area (Å²) >= 11 is 6.02. The molecule has 0 spiro atoms. The summed E-state index contributed by atoms with van der Waals surface area (Å²) in [6.07, 6.45) is 3.37. The molecular weight excluding hydrogens is 210 g/mol. The molecule has 0 amide bonds. The molecule has 0 aliphatic heterocycles. The number of alkyl halides is 1. The van der Waals surface area contributed by atoms with Crippen molar-refractivity contribution in [2.75, 3.05) is 32.2 Å². The van der Waals surface area contributed by atoms with E-state index in [-0.39, 0.29) is 5.41 Å². The van der Waals surface area contributed by atoms with Crippen LogP contribution in [-0.4, -0.2) is 32.2 Å². The van der Waals surface area contributed by atoms with Gasteiger partial charge in [0.2, 0.25) is 0 Å². The molecule has 0 saturated carbocycles. The molecule has 0 bridgehead atoms. The quantitative estimate of drug-likeness (QED) is 0.464. The lowest BCUT2D eigenvalue weighted by Crippen LogP contribution is -2.35. The molecule has 1 N–H and O–H groups in total. The Kier molecular flexibility index (Phi) is 9.57. The van der Waals surface area contributed by atoms with Gasteiger partial charge in [0, 0.05) is 25.6 Å². The SMILES string of the molecule is CCOCCCNCC(CC)(CC)CCl. The van der Waals surface area contributed by atoms with E-state index in [1.807, 2.05) is 6.92 Å². The highest BCUT2D eigenvalue weighted by Crippen LogP contribution is 2.26. The van der Waals surface area contributed by atoms with Gasteiger partial charge in [-0.2, -0.15) is 0 Å². The fraction of sp³-hybridized carbons (Fsp3) is 1.00. The highest BCUT2D eigenvalue weighted by atomic mass is 35.5. The maximum absolute atomic E-state index is 6.02. The number of ether oxygens (including phenoxy) is 1. The molecule has 0 unspecified atom stereocenters. The summed E-state index contributed by atoms with van der Waals surface area (Å²) in [5.74, 6) is 0.748. The van der Waals surface area contributed by atoms with E-state index >= 15 is 0 Å². The van der Waals surface area contributed by atoms with Gasteiger partial charge in [0.05, 0.1) is 0 Å². The molecule has 0 aromatic rings. The molecule has 2 nitrogen and oxygen atoms in total. The Balaban J connectivity index is 3.54. The number of hydrogen-bond acceptors (Lipinski definition) is 2. The van der Waals surface area contributed by atoms with E-state index < -0.39 is 0 Å². The maximum atomic E-state index is 6.02. The molecule has 0 aromatic carbocycles. The van der Waals surface area contributed by atoms with Crippen molar-refractivity contribution in [2.24, 2.45) is 5.41 Å². The highest BCUT2D eigenvalue weighted by Gasteiger charge is 2.23. The molecule has 0 saturated heterocycles. The van der Waals surface area contributed by atoms with Crippen LogP contribution in [0, 0.1) is 5.41 Å². The second kappa shape index (κ2) is 9.44. The van der Waals surface area contributed by atoms with Crippen LogP contribution in [0.3, 0.4) is 0 Å². The minimum absolute atomic E-state index is 0.285. The summed E-state index contributed by atoms with van der Waals surface area (Å²) in [6.45, 7) is 10.2. The topological polar surface area (TPSA) is 21.3 Å². The van der Waals surface area contributed by atoms with Gasteiger partial charge in [-0.25, -0.2) is 0 Å². The lowest BCUT2D eigenvalue weighted by Gasteiger charge is -2.29. The molecule has 0 radical (unpaired) electrons. The Morgan fingerprint density at radius 2 is 1.87 bits per heavy atom. The van der Waals surface area contributed by atoms with Crippen molar-refractivity contribution in [3.05, 3.63) is 0 Å². The molecule has 3 heteroatoms. The number of hydrogen-bond donors (Lipinski definition) is 1. The van der Waals surface area contributed by atoms with Gasteiger partial charge in [0.25, 0.3) is 0 Å². The fourth-order valence-electron chi connectivity index (χ4n) is 1.53. The molecule has 0 aliphatic carbocycles. The third kappa shape index (κ3) is 6.39. The predicted octanol–water partition coefficient (Wildman–Crippen LogP) is 3.05. The van der Waals surface area contributed by atoms with Gasteiger partial charge in [-0.15, -0.1) is 11.6 Å². The first kappa shape index (κ1) is 15.2. The Bertz CT molecular complexity index is 129. The molecule has 92 valence electrons. The minimum atomic E-state index is 0.285. The van der Waals surface area contributed by atoms with Crippen molar-refractivity contribution < 1.29 is 4.74 Å². The van der Waals surface area contributed by atoms with Gasteiger partial charge in [0.1, 0.15) is 0 Å². The molecule has 0 atom stereocenters. The second-order valence-electron chi connectivity index (χ2n) is 4.07. The average molecular weight is 236 g/mol. The van der Waals surface area contributed by atoms with Crippen molar-refractivity contribution in [3.63, 3.8) is 0 Å². The normalized spacial score (nSPS) is 12.0. The van der Waals surface area contributed by atoms with Crippen LogP contribution in [-0.2, 0) is 4.74 Å². The van der Waals surface area contributed by atoms with Gasteiger partial charge in [0.15, 0.2) is 0 Å². The van der Waals surface area contributed by atoms with Crippen LogP contribution in [0.2, 0.25) is 0 Å². The third-order valence-electron chi connectivity index (χ3n) is 3.13. The second-order valence-corrected chi connectivity index (χ2v) is 4.34. The van der Waals surface area contributed by atoms with Crippen LogP contribution in [0.25, 0.3) is 0 Å². The van der Waals surface area contributed by atoms with Crippen LogP contribution in [0.1, 0.15) is 40.0 Å². The average Bonchev–Trinajstić information content (AvgIpc) is 2.29. The summed E-state index contributed by atoms with van der Waals surface area (Å²) in [7, 11) is 0. The lowest BCUT2D eigenvalue weighted by atomic mass is 9.84. The van der Waals surface area contributed by atoms with E-state index in [9.17, 15) is 0 Å². The van der Waals surface area contributed by atoms with E-state index in [1.54, 1.807) is 0 Å². The Morgan fingerprint density at radius 1 is 1.20 bits per heavy atom. The summed E-state index contributed by atoms with van der Waals surface area (Å²) in [5.41, 5.74) is 0.285. The zero-order valence-corrected chi connectivity index (χ0v) is 11.2. The van der Waals surface area contributed by atoms with Gasteiger partial charge >= 0.3 is 0 Å². The highest BCUT2D eigenvalue weighted by molar-refractivity contribution is 6.18. The summed E-state index contributed by atoms with van der Waals surface area (Å²) < 4.78 is 5.28. The van der Waals surface area contributed by atoms with Gasteiger partial charge in [-0.3, -0.25) is 0 Å². The van der Waals surface area contributed by atoms with E-state index in [2.05, 4.69) is 19.2 Å². The van der Waals surface area contributed by atoms with Crippen LogP contribution in [0.5, 0.6) is 0 Å². The maximum Gasteiger partial charge on any atom is 0.0477 e. The monoisotopic (exact) mass is 235 g/mol. The van der Waals surface area contributed by atoms with Crippen LogP contribution < -0.4 is 5.32 Å². The van der Waals surface area contributed by atoms with Crippen molar-refractivity contribution in [3.8, 4) is 0 Å². The molecule has 0 rings (SSSR count). The van der Waals surface area contributed by atoms with Gasteiger partial charge in [-0.1, -0.05) is 13.8 Å². The summed E-state index contributed by atoms with van der Waals surface area (Å²) in [6, 6.07) is 0. The number of halogens is 1. The van der Waals surface area contributed by atoms with E-state index in [0.29, 0.717) is 0 Å². The first-order chi connectivity index (χ1) is 7.24. The van der Waals surface area contributed by atoms with Crippen molar-refractivity contribution in [2.45, 2.75) is 40.0 Å². The van der Waals surface area contributed by atoms with Crippen LogP contribution >= 0.6 is 11.6 Å². The van der Waals surface area contributed by atoms with E-state index in [4.69, 9.17) is 16.3 Å². The summed E-state index contributed by atoms with van der Waals surface area (Å²) in [5, 5.41) is 3.47. The predicted molar refractivity (Wildman–Crippen MR) is 67.7 cm³/mol. The smallest absolute Gasteiger partial charge is 0.0477 e. The van der Waals surface area contributed by atoms with Crippen LogP contribution in [0.4, 0.5) is 0 Å². The first-order valence-corrected chi connectivity index (χ1v) is 6.62. The molecule has 15 heavy (non-hydrogen) atoms. The molecular formula is C12H26ClNO. The largest absolute Gasteiger partial charge is 0.382 e. The Labute approximate surface area is 99.7 Å². The lowest BCUT2D eigenvalue weighted by molar-refractivity contribution is 0.143. The first-order valence-electron chi connectivity index (χ1n) is 6.09. The molecule has 0 fully saturated rings. The molecule has 0 aliphatic rings. The Morgan fingerprint density at radius 3 is 2.33 bits per heavy atom. The number of rotatable bonds is 10. The summed E-state index contributed by atoms with van der Waals surface area (Å²) in [4.78, 5) is 0. The van der Waals surface area contributed by atoms with Gasteiger partial charge in [-0.05, 0) is 38.1 Å². The van der Waals surface area contributed by atoms with Crippen molar-refractivity contribution in [1.82, 2.24) is 5.32 Å². The van der Waals surface area contributed by atoms with Crippen LogP contribution in [0.15, 0.2) is 0 Å².